The van der Waals surface area contributed by atoms with Crippen LogP contribution in [0.2, 0.25) is 0 Å². The summed E-state index contributed by atoms with van der Waals surface area (Å²) in [5.41, 5.74) is 6.10. The summed E-state index contributed by atoms with van der Waals surface area (Å²) in [5.74, 6) is 1.20. The Kier molecular flexibility index (Phi) is 8.02. The average molecular weight is 471 g/mol. The van der Waals surface area contributed by atoms with Crippen LogP contribution in [-0.4, -0.2) is 60.8 Å². The maximum atomic E-state index is 10.2. The van der Waals surface area contributed by atoms with E-state index in [4.69, 9.17) is 4.74 Å². The van der Waals surface area contributed by atoms with E-state index in [1.807, 2.05) is 24.3 Å². The number of likely N-dealkylation sites (tertiary alicyclic amines) is 2. The van der Waals surface area contributed by atoms with E-state index in [-0.39, 0.29) is 0 Å². The minimum absolute atomic E-state index is 0.298. The second kappa shape index (κ2) is 11.7. The fraction of sp³-hybridized carbons (Fsp3) is 0.419. The van der Waals surface area contributed by atoms with Crippen molar-refractivity contribution in [3.63, 3.8) is 0 Å². The molecule has 2 saturated heterocycles. The van der Waals surface area contributed by atoms with Crippen LogP contribution >= 0.6 is 0 Å². The van der Waals surface area contributed by atoms with Crippen LogP contribution in [0.5, 0.6) is 11.5 Å². The third-order valence-corrected chi connectivity index (χ3v) is 7.47. The van der Waals surface area contributed by atoms with Crippen LogP contribution in [0.3, 0.4) is 0 Å². The third kappa shape index (κ3) is 6.65. The van der Waals surface area contributed by atoms with E-state index in [1.165, 1.54) is 75.1 Å². The van der Waals surface area contributed by atoms with Gasteiger partial charge in [-0.1, -0.05) is 42.5 Å². The number of benzene rings is 3. The second-order valence-corrected chi connectivity index (χ2v) is 10.1. The highest BCUT2D eigenvalue weighted by Gasteiger charge is 2.13. The SMILES string of the molecule is Oc1ccc(Cc2ccc(CCN3CCCC3)cc2)c(-c2ccc(OCCN3CCCC3)cc2)c1. The highest BCUT2D eigenvalue weighted by atomic mass is 16.5. The lowest BCUT2D eigenvalue weighted by Gasteiger charge is -2.15. The molecule has 5 rings (SSSR count). The van der Waals surface area contributed by atoms with Crippen molar-refractivity contribution in [3.05, 3.63) is 83.4 Å². The molecule has 2 heterocycles. The largest absolute Gasteiger partial charge is 0.508 e. The van der Waals surface area contributed by atoms with Gasteiger partial charge in [0.15, 0.2) is 0 Å². The molecular formula is C31H38N2O2. The third-order valence-electron chi connectivity index (χ3n) is 7.47. The van der Waals surface area contributed by atoms with E-state index in [0.29, 0.717) is 5.75 Å². The van der Waals surface area contributed by atoms with Gasteiger partial charge in [0, 0.05) is 13.1 Å². The maximum Gasteiger partial charge on any atom is 0.119 e. The van der Waals surface area contributed by atoms with Crippen LogP contribution in [0.25, 0.3) is 11.1 Å². The molecule has 0 unspecified atom stereocenters. The number of phenols is 1. The van der Waals surface area contributed by atoms with Crippen molar-refractivity contribution in [2.75, 3.05) is 45.9 Å². The van der Waals surface area contributed by atoms with Crippen molar-refractivity contribution in [1.29, 1.82) is 0 Å². The van der Waals surface area contributed by atoms with Crippen LogP contribution in [0.15, 0.2) is 66.7 Å². The predicted octanol–water partition coefficient (Wildman–Crippen LogP) is 5.76. The second-order valence-electron chi connectivity index (χ2n) is 10.1. The fourth-order valence-corrected chi connectivity index (χ4v) is 5.35. The Hall–Kier alpha value is -2.82. The van der Waals surface area contributed by atoms with Crippen molar-refractivity contribution in [3.8, 4) is 22.6 Å². The van der Waals surface area contributed by atoms with E-state index in [2.05, 4.69) is 46.2 Å². The summed E-state index contributed by atoms with van der Waals surface area (Å²) < 4.78 is 5.98. The average Bonchev–Trinajstić information content (AvgIpc) is 3.60. The molecule has 35 heavy (non-hydrogen) atoms. The van der Waals surface area contributed by atoms with Crippen molar-refractivity contribution in [2.45, 2.75) is 38.5 Å². The highest BCUT2D eigenvalue weighted by Crippen LogP contribution is 2.31. The Balaban J connectivity index is 1.21. The first-order valence-electron chi connectivity index (χ1n) is 13.3. The zero-order valence-electron chi connectivity index (χ0n) is 20.8. The molecular weight excluding hydrogens is 432 g/mol. The van der Waals surface area contributed by atoms with Gasteiger partial charge < -0.3 is 14.7 Å². The summed E-state index contributed by atoms with van der Waals surface area (Å²) in [6.45, 7) is 7.80. The molecule has 0 aliphatic carbocycles. The number of nitrogens with zero attached hydrogens (tertiary/aromatic N) is 2. The predicted molar refractivity (Wildman–Crippen MR) is 143 cm³/mol. The first-order valence-corrected chi connectivity index (χ1v) is 13.3. The number of rotatable bonds is 10. The van der Waals surface area contributed by atoms with Crippen LogP contribution in [-0.2, 0) is 12.8 Å². The summed E-state index contributed by atoms with van der Waals surface area (Å²) in [7, 11) is 0. The molecule has 2 aliphatic rings. The van der Waals surface area contributed by atoms with E-state index in [1.54, 1.807) is 6.07 Å². The smallest absolute Gasteiger partial charge is 0.119 e. The minimum Gasteiger partial charge on any atom is -0.508 e. The molecule has 0 radical (unpaired) electrons. The van der Waals surface area contributed by atoms with Gasteiger partial charge >= 0.3 is 0 Å². The van der Waals surface area contributed by atoms with E-state index in [0.717, 1.165) is 42.9 Å². The summed E-state index contributed by atoms with van der Waals surface area (Å²) >= 11 is 0. The summed E-state index contributed by atoms with van der Waals surface area (Å²) in [5, 5.41) is 10.2. The van der Waals surface area contributed by atoms with Gasteiger partial charge in [0.2, 0.25) is 0 Å². The molecule has 0 aromatic heterocycles. The van der Waals surface area contributed by atoms with E-state index in [9.17, 15) is 5.11 Å². The van der Waals surface area contributed by atoms with Gasteiger partial charge in [-0.2, -0.15) is 0 Å². The molecule has 4 nitrogen and oxygen atoms in total. The Morgan fingerprint density at radius 3 is 2.00 bits per heavy atom. The molecule has 4 heteroatoms. The first kappa shape index (κ1) is 23.9. The number of ether oxygens (including phenoxy) is 1. The van der Waals surface area contributed by atoms with Crippen LogP contribution in [0, 0.1) is 0 Å². The lowest BCUT2D eigenvalue weighted by atomic mass is 9.94. The quantitative estimate of drug-likeness (QED) is 0.408. The van der Waals surface area contributed by atoms with Gasteiger partial charge in [-0.25, -0.2) is 0 Å². The monoisotopic (exact) mass is 470 g/mol. The molecule has 2 aliphatic heterocycles. The molecule has 0 spiro atoms. The number of hydrogen-bond donors (Lipinski definition) is 1. The lowest BCUT2D eigenvalue weighted by molar-refractivity contribution is 0.238. The minimum atomic E-state index is 0.298. The molecule has 3 aromatic carbocycles. The molecule has 2 fully saturated rings. The van der Waals surface area contributed by atoms with Gasteiger partial charge in [0.1, 0.15) is 18.1 Å². The summed E-state index contributed by atoms with van der Waals surface area (Å²) in [6, 6.07) is 23.1. The van der Waals surface area contributed by atoms with Gasteiger partial charge in [0.25, 0.3) is 0 Å². The maximum absolute atomic E-state index is 10.2. The molecule has 0 bridgehead atoms. The zero-order valence-corrected chi connectivity index (χ0v) is 20.8. The van der Waals surface area contributed by atoms with Crippen LogP contribution in [0.4, 0.5) is 0 Å². The number of hydrogen-bond acceptors (Lipinski definition) is 4. The lowest BCUT2D eigenvalue weighted by Crippen LogP contribution is -2.25. The summed E-state index contributed by atoms with van der Waals surface area (Å²) in [6.07, 6.45) is 7.28. The Morgan fingerprint density at radius 2 is 1.31 bits per heavy atom. The first-order chi connectivity index (χ1) is 17.2. The highest BCUT2D eigenvalue weighted by molar-refractivity contribution is 5.70. The number of aromatic hydroxyl groups is 1. The van der Waals surface area contributed by atoms with Crippen LogP contribution in [0.1, 0.15) is 42.4 Å². The van der Waals surface area contributed by atoms with Gasteiger partial charge in [0.05, 0.1) is 0 Å². The van der Waals surface area contributed by atoms with Crippen LogP contribution < -0.4 is 4.74 Å². The normalized spacial score (nSPS) is 16.7. The zero-order chi connectivity index (χ0) is 23.9. The van der Waals surface area contributed by atoms with Crippen molar-refractivity contribution < 1.29 is 9.84 Å². The standard InChI is InChI=1S/C31H38N2O2/c34-29-12-9-28(23-26-7-5-25(6-8-26)15-20-32-16-1-2-17-32)31(24-29)27-10-13-30(14-11-27)35-22-21-33-18-3-4-19-33/h5-14,24,34H,1-4,15-23H2. The Labute approximate surface area is 210 Å². The molecule has 1 N–H and O–H groups in total. The molecule has 0 amide bonds. The van der Waals surface area contributed by atoms with Gasteiger partial charge in [-0.05, 0) is 117 Å². The molecule has 0 atom stereocenters. The van der Waals surface area contributed by atoms with Crippen molar-refractivity contribution in [2.24, 2.45) is 0 Å². The molecule has 184 valence electrons. The number of phenolic OH excluding ortho intramolecular Hbond substituents is 1. The topological polar surface area (TPSA) is 35.9 Å². The fourth-order valence-electron chi connectivity index (χ4n) is 5.35. The summed E-state index contributed by atoms with van der Waals surface area (Å²) in [4.78, 5) is 5.04. The van der Waals surface area contributed by atoms with Gasteiger partial charge in [-0.3, -0.25) is 4.90 Å². The van der Waals surface area contributed by atoms with E-state index < -0.39 is 0 Å². The Morgan fingerprint density at radius 1 is 0.686 bits per heavy atom. The molecule has 3 aromatic rings. The molecule has 0 saturated carbocycles. The van der Waals surface area contributed by atoms with Gasteiger partial charge in [-0.15, -0.1) is 0 Å². The van der Waals surface area contributed by atoms with Crippen molar-refractivity contribution in [1.82, 2.24) is 9.80 Å². The van der Waals surface area contributed by atoms with Crippen molar-refractivity contribution >= 4 is 0 Å². The Bertz CT molecular complexity index is 1070. The van der Waals surface area contributed by atoms with E-state index >= 15 is 0 Å².